The Kier molecular flexibility index (Phi) is 4.58. The van der Waals surface area contributed by atoms with Crippen molar-refractivity contribution in [2.75, 3.05) is 19.0 Å². The molecule has 1 unspecified atom stereocenters. The molecule has 0 radical (unpaired) electrons. The highest BCUT2D eigenvalue weighted by atomic mass is 16.1. The highest BCUT2D eigenvalue weighted by Gasteiger charge is 2.12. The third-order valence-corrected chi connectivity index (χ3v) is 3.41. The molecular weight excluding hydrogens is 262 g/mol. The maximum atomic E-state index is 12.3. The molecule has 2 aromatic rings. The molecule has 0 saturated carbocycles. The van der Waals surface area contributed by atoms with Crippen LogP contribution in [0.3, 0.4) is 0 Å². The molecule has 110 valence electrons. The average molecular weight is 283 g/mol. The Labute approximate surface area is 125 Å². The van der Waals surface area contributed by atoms with E-state index in [2.05, 4.69) is 10.3 Å². The van der Waals surface area contributed by atoms with E-state index >= 15 is 0 Å². The topological polar surface area (TPSA) is 45.2 Å². The quantitative estimate of drug-likeness (QED) is 0.938. The van der Waals surface area contributed by atoms with Crippen molar-refractivity contribution < 1.29 is 4.79 Å². The lowest BCUT2D eigenvalue weighted by Gasteiger charge is -2.16. The number of hydrogen-bond acceptors (Lipinski definition) is 3. The molecule has 1 heterocycles. The van der Waals surface area contributed by atoms with E-state index in [-0.39, 0.29) is 11.9 Å². The number of rotatable bonds is 4. The summed E-state index contributed by atoms with van der Waals surface area (Å²) in [4.78, 5) is 18.6. The van der Waals surface area contributed by atoms with Crippen molar-refractivity contribution in [3.05, 3.63) is 59.4 Å². The van der Waals surface area contributed by atoms with Gasteiger partial charge in [0, 0.05) is 37.2 Å². The number of aromatic nitrogens is 1. The Hall–Kier alpha value is -2.36. The smallest absolute Gasteiger partial charge is 0.251 e. The first-order chi connectivity index (χ1) is 9.97. The number of aryl methyl sites for hydroxylation is 1. The summed E-state index contributed by atoms with van der Waals surface area (Å²) in [7, 11) is 3.91. The van der Waals surface area contributed by atoms with Crippen molar-refractivity contribution in [1.82, 2.24) is 10.3 Å². The van der Waals surface area contributed by atoms with E-state index in [1.165, 1.54) is 0 Å². The van der Waals surface area contributed by atoms with Crippen molar-refractivity contribution in [1.29, 1.82) is 0 Å². The second-order valence-corrected chi connectivity index (χ2v) is 5.37. The summed E-state index contributed by atoms with van der Waals surface area (Å²) in [6.07, 6.45) is 1.80. The Balaban J connectivity index is 2.10. The molecule has 1 N–H and O–H groups in total. The van der Waals surface area contributed by atoms with Crippen LogP contribution in [-0.2, 0) is 0 Å². The van der Waals surface area contributed by atoms with E-state index in [1.54, 1.807) is 6.20 Å². The Morgan fingerprint density at radius 1 is 1.24 bits per heavy atom. The zero-order chi connectivity index (χ0) is 15.4. The maximum absolute atomic E-state index is 12.3. The lowest BCUT2D eigenvalue weighted by molar-refractivity contribution is 0.0940. The van der Waals surface area contributed by atoms with Crippen molar-refractivity contribution in [3.63, 3.8) is 0 Å². The fourth-order valence-corrected chi connectivity index (χ4v) is 2.02. The van der Waals surface area contributed by atoms with E-state index in [1.807, 2.05) is 69.2 Å². The number of amides is 1. The lowest BCUT2D eigenvalue weighted by Crippen LogP contribution is -2.27. The summed E-state index contributed by atoms with van der Waals surface area (Å²) in [6, 6.07) is 11.4. The molecule has 0 bridgehead atoms. The largest absolute Gasteiger partial charge is 0.378 e. The molecule has 21 heavy (non-hydrogen) atoms. The van der Waals surface area contributed by atoms with Gasteiger partial charge in [-0.2, -0.15) is 0 Å². The minimum Gasteiger partial charge on any atom is -0.378 e. The van der Waals surface area contributed by atoms with Crippen LogP contribution < -0.4 is 10.2 Å². The first kappa shape index (κ1) is 15.0. The second kappa shape index (κ2) is 6.39. The standard InChI is InChI=1S/C17H21N3O/c1-12-8-9-15(11-18-12)13(2)19-17(21)14-6-5-7-16(10-14)20(3)4/h5-11,13H,1-4H3,(H,19,21). The Morgan fingerprint density at radius 2 is 2.00 bits per heavy atom. The zero-order valence-corrected chi connectivity index (χ0v) is 12.9. The number of anilines is 1. The molecule has 0 aliphatic rings. The maximum Gasteiger partial charge on any atom is 0.251 e. The van der Waals surface area contributed by atoms with Crippen molar-refractivity contribution in [2.24, 2.45) is 0 Å². The number of pyridine rings is 1. The highest BCUT2D eigenvalue weighted by Crippen LogP contribution is 2.16. The van der Waals surface area contributed by atoms with Gasteiger partial charge >= 0.3 is 0 Å². The molecule has 4 heteroatoms. The van der Waals surface area contributed by atoms with Gasteiger partial charge in [-0.15, -0.1) is 0 Å². The third kappa shape index (κ3) is 3.81. The molecule has 4 nitrogen and oxygen atoms in total. The SMILES string of the molecule is Cc1ccc(C(C)NC(=O)c2cccc(N(C)C)c2)cn1. The van der Waals surface area contributed by atoms with Gasteiger partial charge in [0.15, 0.2) is 0 Å². The number of nitrogens with one attached hydrogen (secondary N) is 1. The summed E-state index contributed by atoms with van der Waals surface area (Å²) >= 11 is 0. The molecule has 0 fully saturated rings. The molecule has 0 aliphatic carbocycles. The number of hydrogen-bond donors (Lipinski definition) is 1. The predicted octanol–water partition coefficient (Wildman–Crippen LogP) is 2.95. The fraction of sp³-hybridized carbons (Fsp3) is 0.294. The van der Waals surface area contributed by atoms with E-state index < -0.39 is 0 Å². The zero-order valence-electron chi connectivity index (χ0n) is 12.9. The van der Waals surface area contributed by atoms with Gasteiger partial charge < -0.3 is 10.2 Å². The normalized spacial score (nSPS) is 11.8. The van der Waals surface area contributed by atoms with Crippen molar-refractivity contribution in [3.8, 4) is 0 Å². The lowest BCUT2D eigenvalue weighted by atomic mass is 10.1. The van der Waals surface area contributed by atoms with Gasteiger partial charge in [0.2, 0.25) is 0 Å². The first-order valence-electron chi connectivity index (χ1n) is 6.98. The van der Waals surface area contributed by atoms with Crippen LogP contribution >= 0.6 is 0 Å². The monoisotopic (exact) mass is 283 g/mol. The summed E-state index contributed by atoms with van der Waals surface area (Å²) in [5, 5.41) is 3.00. The van der Waals surface area contributed by atoms with Crippen LogP contribution in [0.25, 0.3) is 0 Å². The van der Waals surface area contributed by atoms with Gasteiger partial charge in [-0.3, -0.25) is 9.78 Å². The summed E-state index contributed by atoms with van der Waals surface area (Å²) < 4.78 is 0. The van der Waals surface area contributed by atoms with E-state index in [0.29, 0.717) is 5.56 Å². The van der Waals surface area contributed by atoms with Crippen LogP contribution in [0, 0.1) is 6.92 Å². The van der Waals surface area contributed by atoms with Gasteiger partial charge in [-0.1, -0.05) is 12.1 Å². The van der Waals surface area contributed by atoms with Crippen LogP contribution in [0.4, 0.5) is 5.69 Å². The number of carbonyl (C=O) groups excluding carboxylic acids is 1. The number of carbonyl (C=O) groups is 1. The molecule has 1 aromatic carbocycles. The van der Waals surface area contributed by atoms with Gasteiger partial charge in [-0.25, -0.2) is 0 Å². The van der Waals surface area contributed by atoms with Crippen LogP contribution in [0.2, 0.25) is 0 Å². The molecule has 2 rings (SSSR count). The average Bonchev–Trinajstić information content (AvgIpc) is 2.48. The molecule has 0 aliphatic heterocycles. The van der Waals surface area contributed by atoms with Crippen molar-refractivity contribution in [2.45, 2.75) is 19.9 Å². The van der Waals surface area contributed by atoms with E-state index in [4.69, 9.17) is 0 Å². The third-order valence-electron chi connectivity index (χ3n) is 3.41. The highest BCUT2D eigenvalue weighted by molar-refractivity contribution is 5.95. The second-order valence-electron chi connectivity index (χ2n) is 5.37. The van der Waals surface area contributed by atoms with E-state index in [0.717, 1.165) is 16.9 Å². The molecule has 0 spiro atoms. The van der Waals surface area contributed by atoms with Crippen LogP contribution in [0.1, 0.15) is 34.6 Å². The summed E-state index contributed by atoms with van der Waals surface area (Å²) in [5.41, 5.74) is 3.63. The number of benzene rings is 1. The minimum atomic E-state index is -0.0771. The molecule has 0 saturated heterocycles. The van der Waals surface area contributed by atoms with Crippen LogP contribution in [0.15, 0.2) is 42.6 Å². The van der Waals surface area contributed by atoms with Crippen LogP contribution in [-0.4, -0.2) is 25.0 Å². The van der Waals surface area contributed by atoms with Gasteiger partial charge in [-0.05, 0) is 43.7 Å². The number of nitrogens with zero attached hydrogens (tertiary/aromatic N) is 2. The summed E-state index contributed by atoms with van der Waals surface area (Å²) in [6.45, 7) is 3.90. The van der Waals surface area contributed by atoms with Crippen LogP contribution in [0.5, 0.6) is 0 Å². The Morgan fingerprint density at radius 3 is 2.62 bits per heavy atom. The van der Waals surface area contributed by atoms with Gasteiger partial charge in [0.05, 0.1) is 6.04 Å². The van der Waals surface area contributed by atoms with Crippen molar-refractivity contribution >= 4 is 11.6 Å². The Bertz CT molecular complexity index is 620. The molecule has 1 amide bonds. The van der Waals surface area contributed by atoms with Gasteiger partial charge in [0.1, 0.15) is 0 Å². The fourth-order valence-electron chi connectivity index (χ4n) is 2.02. The first-order valence-corrected chi connectivity index (χ1v) is 6.98. The van der Waals surface area contributed by atoms with Gasteiger partial charge in [0.25, 0.3) is 5.91 Å². The predicted molar refractivity (Wildman–Crippen MR) is 85.6 cm³/mol. The summed E-state index contributed by atoms with van der Waals surface area (Å²) in [5.74, 6) is -0.0771. The van der Waals surface area contributed by atoms with E-state index in [9.17, 15) is 4.79 Å². The molecule has 1 atom stereocenters. The molecule has 1 aromatic heterocycles. The minimum absolute atomic E-state index is 0.0754. The molecular formula is C17H21N3O.